The van der Waals surface area contributed by atoms with Crippen LogP contribution in [-0.2, 0) is 11.3 Å². The summed E-state index contributed by atoms with van der Waals surface area (Å²) < 4.78 is 2.65. The molecule has 5 nitrogen and oxygen atoms in total. The van der Waals surface area contributed by atoms with E-state index in [1.165, 1.54) is 4.90 Å². The summed E-state index contributed by atoms with van der Waals surface area (Å²) >= 11 is 8.41. The van der Waals surface area contributed by atoms with Gasteiger partial charge >= 0.3 is 0 Å². The number of amides is 1. The molecule has 0 spiro atoms. The molecule has 1 saturated heterocycles. The minimum atomic E-state index is -0.134. The Balaban J connectivity index is 2.40. The van der Waals surface area contributed by atoms with Crippen LogP contribution in [0.5, 0.6) is 0 Å². The van der Waals surface area contributed by atoms with Crippen LogP contribution in [0.1, 0.15) is 12.6 Å². The normalized spacial score (nSPS) is 18.1. The SMILES string of the molecule is CCn1ncc(Br)c1/C=C1/NC(=S)N(C)C1=O. The Morgan fingerprint density at radius 1 is 1.65 bits per heavy atom. The Bertz CT molecular complexity index is 522. The van der Waals surface area contributed by atoms with Crippen LogP contribution in [0.25, 0.3) is 6.08 Å². The summed E-state index contributed by atoms with van der Waals surface area (Å²) in [7, 11) is 1.64. The van der Waals surface area contributed by atoms with Crippen molar-refractivity contribution in [3.05, 3.63) is 22.1 Å². The van der Waals surface area contributed by atoms with Crippen molar-refractivity contribution in [2.45, 2.75) is 13.5 Å². The van der Waals surface area contributed by atoms with Crippen molar-refractivity contribution in [1.82, 2.24) is 20.0 Å². The number of hydrogen-bond acceptors (Lipinski definition) is 3. The topological polar surface area (TPSA) is 50.2 Å². The molecule has 2 heterocycles. The van der Waals surface area contributed by atoms with Crippen molar-refractivity contribution in [3.63, 3.8) is 0 Å². The first-order valence-corrected chi connectivity index (χ1v) is 6.26. The number of nitrogens with one attached hydrogen (secondary N) is 1. The Kier molecular flexibility index (Phi) is 3.30. The molecule has 1 fully saturated rings. The minimum absolute atomic E-state index is 0.134. The third-order valence-corrected chi connectivity index (χ3v) is 3.48. The number of carbonyl (C=O) groups is 1. The first kappa shape index (κ1) is 12.3. The molecule has 1 aliphatic heterocycles. The molecule has 0 aliphatic carbocycles. The highest BCUT2D eigenvalue weighted by Crippen LogP contribution is 2.20. The van der Waals surface area contributed by atoms with Crippen LogP contribution >= 0.6 is 28.1 Å². The van der Waals surface area contributed by atoms with Gasteiger partial charge in [-0.2, -0.15) is 5.10 Å². The Labute approximate surface area is 113 Å². The molecule has 1 N–H and O–H groups in total. The van der Waals surface area contributed by atoms with E-state index in [4.69, 9.17) is 12.2 Å². The molecule has 90 valence electrons. The largest absolute Gasteiger partial charge is 0.328 e. The van der Waals surface area contributed by atoms with E-state index in [2.05, 4.69) is 26.3 Å². The van der Waals surface area contributed by atoms with E-state index in [9.17, 15) is 4.79 Å². The van der Waals surface area contributed by atoms with Crippen LogP contribution in [0, 0.1) is 0 Å². The summed E-state index contributed by atoms with van der Waals surface area (Å²) in [5.74, 6) is -0.134. The summed E-state index contributed by atoms with van der Waals surface area (Å²) in [6.07, 6.45) is 3.45. The number of aryl methyl sites for hydroxylation is 1. The van der Waals surface area contributed by atoms with Gasteiger partial charge in [-0.15, -0.1) is 0 Å². The number of thiocarbonyl (C=S) groups is 1. The lowest BCUT2D eigenvalue weighted by Crippen LogP contribution is -2.25. The van der Waals surface area contributed by atoms with Crippen molar-refractivity contribution in [2.75, 3.05) is 7.05 Å². The molecule has 0 bridgehead atoms. The molecule has 1 aromatic rings. The van der Waals surface area contributed by atoms with Gasteiger partial charge < -0.3 is 5.32 Å². The van der Waals surface area contributed by atoms with Crippen LogP contribution in [-0.4, -0.2) is 32.7 Å². The average Bonchev–Trinajstić information content (AvgIpc) is 2.77. The molecule has 0 atom stereocenters. The molecule has 1 aromatic heterocycles. The maximum atomic E-state index is 11.8. The molecule has 1 aliphatic rings. The van der Waals surface area contributed by atoms with E-state index >= 15 is 0 Å². The van der Waals surface area contributed by atoms with Gasteiger partial charge in [0.05, 0.1) is 16.4 Å². The number of rotatable bonds is 2. The van der Waals surface area contributed by atoms with Gasteiger partial charge in [0.1, 0.15) is 5.70 Å². The Morgan fingerprint density at radius 3 is 2.88 bits per heavy atom. The lowest BCUT2D eigenvalue weighted by molar-refractivity contribution is -0.121. The first-order valence-electron chi connectivity index (χ1n) is 5.06. The number of hydrogen-bond donors (Lipinski definition) is 1. The average molecular weight is 315 g/mol. The highest BCUT2D eigenvalue weighted by atomic mass is 79.9. The maximum absolute atomic E-state index is 11.8. The Hall–Kier alpha value is -1.21. The Morgan fingerprint density at radius 2 is 2.35 bits per heavy atom. The number of likely N-dealkylation sites (N-methyl/N-ethyl adjacent to an activating group) is 1. The zero-order valence-corrected chi connectivity index (χ0v) is 11.8. The first-order chi connectivity index (χ1) is 8.04. The van der Waals surface area contributed by atoms with Gasteiger partial charge in [0, 0.05) is 13.6 Å². The third kappa shape index (κ3) is 2.12. The summed E-state index contributed by atoms with van der Waals surface area (Å²) in [5.41, 5.74) is 1.31. The quantitative estimate of drug-likeness (QED) is 0.661. The lowest BCUT2D eigenvalue weighted by atomic mass is 10.3. The van der Waals surface area contributed by atoms with Gasteiger partial charge in [-0.3, -0.25) is 14.4 Å². The fourth-order valence-electron chi connectivity index (χ4n) is 1.53. The van der Waals surface area contributed by atoms with E-state index in [1.54, 1.807) is 24.0 Å². The van der Waals surface area contributed by atoms with Crippen molar-refractivity contribution in [3.8, 4) is 0 Å². The van der Waals surface area contributed by atoms with Crippen LogP contribution in [0.4, 0.5) is 0 Å². The minimum Gasteiger partial charge on any atom is -0.328 e. The molecule has 1 amide bonds. The number of halogens is 1. The molecule has 17 heavy (non-hydrogen) atoms. The monoisotopic (exact) mass is 314 g/mol. The second-order valence-electron chi connectivity index (χ2n) is 3.55. The molecular weight excluding hydrogens is 304 g/mol. The molecule has 7 heteroatoms. The maximum Gasteiger partial charge on any atom is 0.276 e. The molecular formula is C10H11BrN4OS. The number of carbonyl (C=O) groups excluding carboxylic acids is 1. The van der Waals surface area contributed by atoms with E-state index in [-0.39, 0.29) is 5.91 Å². The molecule has 0 unspecified atom stereocenters. The van der Waals surface area contributed by atoms with E-state index < -0.39 is 0 Å². The van der Waals surface area contributed by atoms with Crippen LogP contribution in [0.3, 0.4) is 0 Å². The summed E-state index contributed by atoms with van der Waals surface area (Å²) in [6, 6.07) is 0. The van der Waals surface area contributed by atoms with Gasteiger partial charge in [-0.25, -0.2) is 0 Å². The van der Waals surface area contributed by atoms with Crippen molar-refractivity contribution in [2.24, 2.45) is 0 Å². The fraction of sp³-hybridized carbons (Fsp3) is 0.300. The number of nitrogens with zero attached hydrogens (tertiary/aromatic N) is 3. The van der Waals surface area contributed by atoms with Gasteiger partial charge in [0.2, 0.25) is 0 Å². The van der Waals surface area contributed by atoms with Crippen LogP contribution in [0.2, 0.25) is 0 Å². The molecule has 2 rings (SSSR count). The van der Waals surface area contributed by atoms with E-state index in [1.807, 2.05) is 6.92 Å². The van der Waals surface area contributed by atoms with E-state index in [0.29, 0.717) is 10.8 Å². The van der Waals surface area contributed by atoms with Crippen molar-refractivity contribution >= 4 is 45.2 Å². The van der Waals surface area contributed by atoms with Crippen LogP contribution in [0.15, 0.2) is 16.4 Å². The van der Waals surface area contributed by atoms with Gasteiger partial charge in [0.15, 0.2) is 5.11 Å². The highest BCUT2D eigenvalue weighted by Gasteiger charge is 2.27. The highest BCUT2D eigenvalue weighted by molar-refractivity contribution is 9.10. The summed E-state index contributed by atoms with van der Waals surface area (Å²) in [4.78, 5) is 13.2. The standard InChI is InChI=1S/C10H11BrN4OS/c1-3-15-8(6(11)5-12-15)4-7-9(16)14(2)10(17)13-7/h4-5H,3H2,1-2H3,(H,13,17)/b7-4+. The third-order valence-electron chi connectivity index (χ3n) is 2.50. The molecule has 0 aromatic carbocycles. The molecule has 0 radical (unpaired) electrons. The second kappa shape index (κ2) is 4.58. The van der Waals surface area contributed by atoms with Gasteiger partial charge in [-0.1, -0.05) is 0 Å². The predicted octanol–water partition coefficient (Wildman–Crippen LogP) is 1.35. The fourth-order valence-corrected chi connectivity index (χ4v) is 2.13. The van der Waals surface area contributed by atoms with Gasteiger partial charge in [-0.05, 0) is 41.1 Å². The lowest BCUT2D eigenvalue weighted by Gasteiger charge is -2.03. The number of aromatic nitrogens is 2. The summed E-state index contributed by atoms with van der Waals surface area (Å²) in [6.45, 7) is 2.72. The summed E-state index contributed by atoms with van der Waals surface area (Å²) in [5, 5.41) is 7.47. The van der Waals surface area contributed by atoms with Crippen LogP contribution < -0.4 is 5.32 Å². The second-order valence-corrected chi connectivity index (χ2v) is 4.79. The van der Waals surface area contributed by atoms with Gasteiger partial charge in [0.25, 0.3) is 5.91 Å². The smallest absolute Gasteiger partial charge is 0.276 e. The van der Waals surface area contributed by atoms with E-state index in [0.717, 1.165) is 16.7 Å². The van der Waals surface area contributed by atoms with Crippen molar-refractivity contribution in [1.29, 1.82) is 0 Å². The van der Waals surface area contributed by atoms with Crippen molar-refractivity contribution < 1.29 is 4.79 Å². The predicted molar refractivity (Wildman–Crippen MR) is 72.1 cm³/mol. The zero-order chi connectivity index (χ0) is 12.6. The molecule has 0 saturated carbocycles. The zero-order valence-electron chi connectivity index (χ0n) is 9.40.